The number of methoxy groups -OCH3 is 1. The maximum atomic E-state index is 5.87. The van der Waals surface area contributed by atoms with Crippen molar-refractivity contribution < 1.29 is 9.47 Å². The van der Waals surface area contributed by atoms with Gasteiger partial charge in [0.1, 0.15) is 18.1 Å². The van der Waals surface area contributed by atoms with E-state index < -0.39 is 0 Å². The summed E-state index contributed by atoms with van der Waals surface area (Å²) in [4.78, 5) is 4.45. The minimum atomic E-state index is 0.461. The Morgan fingerprint density at radius 1 is 1.20 bits per heavy atom. The Kier molecular flexibility index (Phi) is 5.43. The highest BCUT2D eigenvalue weighted by Crippen LogP contribution is 2.25. The van der Waals surface area contributed by atoms with Gasteiger partial charge in [0.05, 0.1) is 12.8 Å². The predicted octanol–water partition coefficient (Wildman–Crippen LogP) is 4.64. The first kappa shape index (κ1) is 15.3. The molecule has 0 bridgehead atoms. The van der Waals surface area contributed by atoms with Gasteiger partial charge in [0.15, 0.2) is 0 Å². The van der Waals surface area contributed by atoms with Gasteiger partial charge in [-0.05, 0) is 37.3 Å². The van der Waals surface area contributed by atoms with Crippen LogP contribution in [-0.2, 0) is 11.9 Å². The number of halogens is 2. The van der Waals surface area contributed by atoms with Crippen molar-refractivity contribution in [2.75, 3.05) is 7.11 Å². The predicted molar refractivity (Wildman–Crippen MR) is 86.6 cm³/mol. The minimum Gasteiger partial charge on any atom is -0.497 e. The quantitative estimate of drug-likeness (QED) is 0.685. The molecule has 0 N–H and O–H groups in total. The van der Waals surface area contributed by atoms with E-state index in [4.69, 9.17) is 9.47 Å². The summed E-state index contributed by atoms with van der Waals surface area (Å²) in [6, 6.07) is 9.72. The molecular formula is C15H15Br2NO2. The Bertz CT molecular complexity index is 602. The summed E-state index contributed by atoms with van der Waals surface area (Å²) in [5, 5.41) is 0.670. The van der Waals surface area contributed by atoms with Crippen LogP contribution < -0.4 is 9.47 Å². The maximum absolute atomic E-state index is 5.87. The van der Waals surface area contributed by atoms with Gasteiger partial charge in [-0.3, -0.25) is 4.98 Å². The molecule has 0 saturated carbocycles. The molecule has 0 aliphatic carbocycles. The molecule has 1 aromatic heterocycles. The molecule has 0 aliphatic rings. The number of pyridine rings is 1. The summed E-state index contributed by atoms with van der Waals surface area (Å²) in [5.41, 5.74) is 2.92. The summed E-state index contributed by atoms with van der Waals surface area (Å²) >= 11 is 6.95. The first-order chi connectivity index (χ1) is 9.63. The van der Waals surface area contributed by atoms with Gasteiger partial charge in [-0.25, -0.2) is 0 Å². The average Bonchev–Trinajstić information content (AvgIpc) is 2.47. The van der Waals surface area contributed by atoms with Crippen LogP contribution >= 0.6 is 31.9 Å². The zero-order valence-corrected chi connectivity index (χ0v) is 14.5. The second-order valence-electron chi connectivity index (χ2n) is 4.28. The molecule has 0 spiro atoms. The monoisotopic (exact) mass is 399 g/mol. The number of aryl methyl sites for hydroxylation is 1. The van der Waals surface area contributed by atoms with Gasteiger partial charge >= 0.3 is 0 Å². The molecule has 0 atom stereocenters. The van der Waals surface area contributed by atoms with Gasteiger partial charge in [0.2, 0.25) is 0 Å². The number of hydrogen-bond acceptors (Lipinski definition) is 3. The molecule has 0 radical (unpaired) electrons. The van der Waals surface area contributed by atoms with E-state index >= 15 is 0 Å². The summed E-state index contributed by atoms with van der Waals surface area (Å²) in [6.07, 6.45) is 0. The summed E-state index contributed by atoms with van der Waals surface area (Å²) in [7, 11) is 1.65. The van der Waals surface area contributed by atoms with E-state index in [2.05, 4.69) is 36.8 Å². The van der Waals surface area contributed by atoms with E-state index in [9.17, 15) is 0 Å². The molecule has 106 valence electrons. The van der Waals surface area contributed by atoms with E-state index in [1.807, 2.05) is 37.3 Å². The third-order valence-electron chi connectivity index (χ3n) is 2.83. The fraction of sp³-hybridized carbons (Fsp3) is 0.267. The number of nitrogens with zero attached hydrogens (tertiary/aromatic N) is 1. The molecule has 20 heavy (non-hydrogen) atoms. The second kappa shape index (κ2) is 7.09. The van der Waals surface area contributed by atoms with Gasteiger partial charge in [0.25, 0.3) is 0 Å². The Morgan fingerprint density at radius 2 is 2.00 bits per heavy atom. The van der Waals surface area contributed by atoms with E-state index in [-0.39, 0.29) is 0 Å². The van der Waals surface area contributed by atoms with Gasteiger partial charge in [-0.2, -0.15) is 0 Å². The highest BCUT2D eigenvalue weighted by Gasteiger charge is 2.07. The van der Waals surface area contributed by atoms with Crippen molar-refractivity contribution in [2.45, 2.75) is 18.9 Å². The molecule has 0 fully saturated rings. The molecule has 1 aromatic carbocycles. The SMILES string of the molecule is COc1ccc(Br)c(COc2ccc(C)nc2CBr)c1. The maximum Gasteiger partial charge on any atom is 0.142 e. The fourth-order valence-corrected chi connectivity index (χ4v) is 2.53. The van der Waals surface area contributed by atoms with Crippen LogP contribution in [-0.4, -0.2) is 12.1 Å². The number of hydrogen-bond donors (Lipinski definition) is 0. The summed E-state index contributed by atoms with van der Waals surface area (Å²) in [5.74, 6) is 1.61. The molecule has 0 unspecified atom stereocenters. The summed E-state index contributed by atoms with van der Waals surface area (Å²) < 4.78 is 12.1. The topological polar surface area (TPSA) is 31.4 Å². The molecule has 1 heterocycles. The molecule has 3 nitrogen and oxygen atoms in total. The van der Waals surface area contributed by atoms with E-state index in [0.717, 1.165) is 32.9 Å². The van der Waals surface area contributed by atoms with Crippen molar-refractivity contribution in [3.8, 4) is 11.5 Å². The van der Waals surface area contributed by atoms with Gasteiger partial charge in [-0.1, -0.05) is 31.9 Å². The molecule has 0 amide bonds. The Hall–Kier alpha value is -1.07. The summed E-state index contributed by atoms with van der Waals surface area (Å²) in [6.45, 7) is 2.43. The van der Waals surface area contributed by atoms with Crippen LogP contribution in [0, 0.1) is 6.92 Å². The lowest BCUT2D eigenvalue weighted by Crippen LogP contribution is -2.01. The third kappa shape index (κ3) is 3.73. The minimum absolute atomic E-state index is 0.461. The third-order valence-corrected chi connectivity index (χ3v) is 4.14. The van der Waals surface area contributed by atoms with Crippen LogP contribution in [0.1, 0.15) is 17.0 Å². The van der Waals surface area contributed by atoms with E-state index in [1.165, 1.54) is 0 Å². The van der Waals surface area contributed by atoms with Crippen molar-refractivity contribution >= 4 is 31.9 Å². The van der Waals surface area contributed by atoms with Gasteiger partial charge in [0, 0.05) is 21.1 Å². The van der Waals surface area contributed by atoms with Crippen molar-refractivity contribution in [2.24, 2.45) is 0 Å². The molecule has 2 aromatic rings. The first-order valence-corrected chi connectivity index (χ1v) is 8.03. The number of alkyl halides is 1. The van der Waals surface area contributed by atoms with Gasteiger partial charge < -0.3 is 9.47 Å². The van der Waals surface area contributed by atoms with Crippen molar-refractivity contribution in [1.82, 2.24) is 4.98 Å². The van der Waals surface area contributed by atoms with Crippen LogP contribution in [0.3, 0.4) is 0 Å². The standard InChI is InChI=1S/C15H15Br2NO2/c1-10-3-6-15(14(8-16)18-10)20-9-11-7-12(19-2)4-5-13(11)17/h3-7H,8-9H2,1-2H3. The molecule has 0 saturated heterocycles. The Morgan fingerprint density at radius 3 is 2.70 bits per heavy atom. The number of aromatic nitrogens is 1. The first-order valence-electron chi connectivity index (χ1n) is 6.11. The second-order valence-corrected chi connectivity index (χ2v) is 5.69. The van der Waals surface area contributed by atoms with Crippen molar-refractivity contribution in [3.05, 3.63) is 51.8 Å². The van der Waals surface area contributed by atoms with Crippen LogP contribution in [0.15, 0.2) is 34.8 Å². The molecule has 0 aliphatic heterocycles. The Labute approximate surface area is 135 Å². The lowest BCUT2D eigenvalue weighted by atomic mass is 10.2. The van der Waals surface area contributed by atoms with Crippen LogP contribution in [0.25, 0.3) is 0 Å². The number of benzene rings is 1. The van der Waals surface area contributed by atoms with E-state index in [0.29, 0.717) is 11.9 Å². The molecular weight excluding hydrogens is 386 g/mol. The van der Waals surface area contributed by atoms with Crippen LogP contribution in [0.2, 0.25) is 0 Å². The largest absolute Gasteiger partial charge is 0.497 e. The zero-order chi connectivity index (χ0) is 14.5. The highest BCUT2D eigenvalue weighted by atomic mass is 79.9. The fourth-order valence-electron chi connectivity index (χ4n) is 1.77. The smallest absolute Gasteiger partial charge is 0.142 e. The number of rotatable bonds is 5. The van der Waals surface area contributed by atoms with Gasteiger partial charge in [-0.15, -0.1) is 0 Å². The normalized spacial score (nSPS) is 10.4. The number of ether oxygens (including phenoxy) is 2. The van der Waals surface area contributed by atoms with Crippen LogP contribution in [0.4, 0.5) is 0 Å². The van der Waals surface area contributed by atoms with Crippen molar-refractivity contribution in [1.29, 1.82) is 0 Å². The Balaban J connectivity index is 2.16. The molecule has 2 rings (SSSR count). The lowest BCUT2D eigenvalue weighted by molar-refractivity contribution is 0.300. The van der Waals surface area contributed by atoms with Crippen LogP contribution in [0.5, 0.6) is 11.5 Å². The highest BCUT2D eigenvalue weighted by molar-refractivity contribution is 9.10. The van der Waals surface area contributed by atoms with Crippen molar-refractivity contribution in [3.63, 3.8) is 0 Å². The average molecular weight is 401 g/mol. The zero-order valence-electron chi connectivity index (χ0n) is 11.3. The molecule has 5 heteroatoms. The van der Waals surface area contributed by atoms with E-state index in [1.54, 1.807) is 7.11 Å². The lowest BCUT2D eigenvalue weighted by Gasteiger charge is -2.12.